The molecule has 0 aliphatic carbocycles. The smallest absolute Gasteiger partial charge is 0.119 e. The Labute approximate surface area is 236 Å². The van der Waals surface area contributed by atoms with Crippen LogP contribution in [0.1, 0.15) is 61.8 Å². The van der Waals surface area contributed by atoms with Crippen molar-refractivity contribution >= 4 is 41.2 Å². The summed E-state index contributed by atoms with van der Waals surface area (Å²) in [4.78, 5) is 0. The normalized spacial score (nSPS) is 13.2. The Hall–Kier alpha value is -3.30. The molecule has 2 nitrogen and oxygen atoms in total. The van der Waals surface area contributed by atoms with E-state index in [0.717, 1.165) is 0 Å². The highest BCUT2D eigenvalue weighted by atomic mass is 28.3. The van der Waals surface area contributed by atoms with E-state index in [1.807, 2.05) is 0 Å². The zero-order chi connectivity index (χ0) is 27.6. The van der Waals surface area contributed by atoms with E-state index in [0.29, 0.717) is 0 Å². The van der Waals surface area contributed by atoms with Crippen LogP contribution >= 0.6 is 0 Å². The maximum absolute atomic E-state index is 3.78. The first-order valence-corrected chi connectivity index (χ1v) is 17.2. The minimum absolute atomic E-state index is 1.21. The van der Waals surface area contributed by atoms with Crippen molar-refractivity contribution in [2.75, 3.05) is 10.6 Å². The molecule has 39 heavy (non-hydrogen) atoms. The van der Waals surface area contributed by atoms with Gasteiger partial charge in [0.15, 0.2) is 0 Å². The maximum atomic E-state index is 3.78. The minimum atomic E-state index is -1.94. The molecular weight excluding hydrogens is 488 g/mol. The number of hydrogen-bond acceptors (Lipinski definition) is 2. The number of unbranched alkanes of at least 4 members (excludes halogenated alkanes) is 2. The first-order chi connectivity index (χ1) is 18.8. The fourth-order valence-corrected chi connectivity index (χ4v) is 12.2. The molecule has 0 fully saturated rings. The van der Waals surface area contributed by atoms with Crippen LogP contribution in [-0.4, -0.2) is 8.07 Å². The lowest BCUT2D eigenvalue weighted by Crippen LogP contribution is -2.55. The van der Waals surface area contributed by atoms with E-state index in [1.165, 1.54) is 93.9 Å². The van der Waals surface area contributed by atoms with Crippen molar-refractivity contribution in [3.8, 4) is 11.1 Å². The Balaban J connectivity index is 1.60. The van der Waals surface area contributed by atoms with Gasteiger partial charge in [-0.05, 0) is 120 Å². The molecule has 0 bridgehead atoms. The number of rotatable bonds is 10. The quantitative estimate of drug-likeness (QED) is 0.199. The third-order valence-corrected chi connectivity index (χ3v) is 13.9. The highest BCUT2D eigenvalue weighted by Gasteiger charge is 2.44. The second kappa shape index (κ2) is 11.4. The van der Waals surface area contributed by atoms with Gasteiger partial charge in [-0.2, -0.15) is 0 Å². The van der Waals surface area contributed by atoms with Crippen LogP contribution in [0.2, 0.25) is 12.1 Å². The number of anilines is 4. The lowest BCUT2D eigenvalue weighted by molar-refractivity contribution is 0.838. The Morgan fingerprint density at radius 2 is 0.974 bits per heavy atom. The average Bonchev–Trinajstić information content (AvgIpc) is 3.19. The molecule has 0 spiro atoms. The standard InChI is InChI=1S/C36H44N2Si/c1-7-9-19-39(20-10-8-2)35-23-29(37-33-21-25(3)11-13-27(33)5)15-17-31(35)32-18-16-30(24-36(32)39)38-34-22-26(4)12-14-28(34)6/h11-18,21-24,37-38H,7-10,19-20H2,1-6H3. The lowest BCUT2D eigenvalue weighted by Gasteiger charge is -2.31. The highest BCUT2D eigenvalue weighted by molar-refractivity contribution is 7.05. The number of fused-ring (bicyclic) bond motifs is 3. The summed E-state index contributed by atoms with van der Waals surface area (Å²) in [5.74, 6) is 0. The summed E-state index contributed by atoms with van der Waals surface area (Å²) < 4.78 is 0. The molecule has 1 aliphatic rings. The molecule has 202 valence electrons. The van der Waals surface area contributed by atoms with Crippen molar-refractivity contribution in [1.82, 2.24) is 0 Å². The maximum Gasteiger partial charge on any atom is 0.119 e. The van der Waals surface area contributed by atoms with Gasteiger partial charge in [-0.25, -0.2) is 0 Å². The molecule has 0 saturated heterocycles. The lowest BCUT2D eigenvalue weighted by atomic mass is 10.0. The van der Waals surface area contributed by atoms with E-state index in [9.17, 15) is 0 Å². The Morgan fingerprint density at radius 1 is 0.538 bits per heavy atom. The topological polar surface area (TPSA) is 24.1 Å². The van der Waals surface area contributed by atoms with Crippen LogP contribution in [0.5, 0.6) is 0 Å². The predicted molar refractivity (Wildman–Crippen MR) is 175 cm³/mol. The van der Waals surface area contributed by atoms with Gasteiger partial charge in [-0.3, -0.25) is 0 Å². The third-order valence-electron chi connectivity index (χ3n) is 8.62. The van der Waals surface area contributed by atoms with Crippen LogP contribution in [0, 0.1) is 27.7 Å². The van der Waals surface area contributed by atoms with Crippen LogP contribution in [-0.2, 0) is 0 Å². The third kappa shape index (κ3) is 5.42. The summed E-state index contributed by atoms with van der Waals surface area (Å²) in [6.07, 6.45) is 5.06. The zero-order valence-corrected chi connectivity index (χ0v) is 25.7. The number of benzene rings is 4. The molecule has 0 atom stereocenters. The predicted octanol–water partition coefficient (Wildman–Crippen LogP) is 9.55. The molecule has 0 unspecified atom stereocenters. The Kier molecular flexibility index (Phi) is 8.00. The van der Waals surface area contributed by atoms with E-state index < -0.39 is 8.07 Å². The largest absolute Gasteiger partial charge is 0.355 e. The van der Waals surface area contributed by atoms with Gasteiger partial charge in [0, 0.05) is 22.7 Å². The molecule has 1 aliphatic heterocycles. The van der Waals surface area contributed by atoms with E-state index in [-0.39, 0.29) is 0 Å². The van der Waals surface area contributed by atoms with Crippen LogP contribution in [0.25, 0.3) is 11.1 Å². The van der Waals surface area contributed by atoms with Gasteiger partial charge in [-0.1, -0.05) is 75.9 Å². The van der Waals surface area contributed by atoms with Gasteiger partial charge < -0.3 is 10.6 Å². The van der Waals surface area contributed by atoms with Crippen LogP contribution in [0.3, 0.4) is 0 Å². The van der Waals surface area contributed by atoms with Crippen LogP contribution in [0.15, 0.2) is 72.8 Å². The van der Waals surface area contributed by atoms with E-state index >= 15 is 0 Å². The number of hydrogen-bond donors (Lipinski definition) is 2. The van der Waals surface area contributed by atoms with Crippen molar-refractivity contribution < 1.29 is 0 Å². The van der Waals surface area contributed by atoms with E-state index in [4.69, 9.17) is 0 Å². The average molecular weight is 533 g/mol. The zero-order valence-electron chi connectivity index (χ0n) is 24.7. The monoisotopic (exact) mass is 532 g/mol. The van der Waals surface area contributed by atoms with Crippen LogP contribution < -0.4 is 21.0 Å². The van der Waals surface area contributed by atoms with E-state index in [2.05, 4.69) is 125 Å². The van der Waals surface area contributed by atoms with Crippen molar-refractivity contribution in [3.05, 3.63) is 95.1 Å². The second-order valence-corrected chi connectivity index (χ2v) is 15.9. The Morgan fingerprint density at radius 3 is 1.38 bits per heavy atom. The van der Waals surface area contributed by atoms with Gasteiger partial charge in [0.05, 0.1) is 0 Å². The van der Waals surface area contributed by atoms with Gasteiger partial charge in [0.2, 0.25) is 0 Å². The van der Waals surface area contributed by atoms with E-state index in [1.54, 1.807) is 10.4 Å². The van der Waals surface area contributed by atoms with Crippen molar-refractivity contribution in [3.63, 3.8) is 0 Å². The fraction of sp³-hybridized carbons (Fsp3) is 0.333. The van der Waals surface area contributed by atoms with Gasteiger partial charge >= 0.3 is 0 Å². The highest BCUT2D eigenvalue weighted by Crippen LogP contribution is 2.38. The molecule has 4 aromatic rings. The van der Waals surface area contributed by atoms with Crippen molar-refractivity contribution in [1.29, 1.82) is 0 Å². The molecule has 1 heterocycles. The molecule has 0 aromatic heterocycles. The van der Waals surface area contributed by atoms with Crippen LogP contribution in [0.4, 0.5) is 22.7 Å². The minimum Gasteiger partial charge on any atom is -0.355 e. The summed E-state index contributed by atoms with van der Waals surface area (Å²) in [7, 11) is -1.94. The first kappa shape index (κ1) is 27.3. The fourth-order valence-electron chi connectivity index (χ4n) is 6.32. The molecule has 4 aromatic carbocycles. The summed E-state index contributed by atoms with van der Waals surface area (Å²) in [6, 6.07) is 30.4. The van der Waals surface area contributed by atoms with Gasteiger partial charge in [-0.15, -0.1) is 0 Å². The molecular formula is C36H44N2Si. The summed E-state index contributed by atoms with van der Waals surface area (Å²) >= 11 is 0. The molecule has 5 rings (SSSR count). The molecule has 3 heteroatoms. The molecule has 0 radical (unpaired) electrons. The Bertz CT molecular complexity index is 1370. The number of nitrogens with one attached hydrogen (secondary N) is 2. The first-order valence-electron chi connectivity index (χ1n) is 14.8. The SMILES string of the molecule is CCCC[Si]1(CCCC)c2cc(Nc3cc(C)ccc3C)ccc2-c2ccc(Nc3cc(C)ccc3C)cc21. The number of aryl methyl sites for hydroxylation is 4. The summed E-state index contributed by atoms with van der Waals surface area (Å²) in [6.45, 7) is 13.4. The van der Waals surface area contributed by atoms with Crippen molar-refractivity contribution in [2.24, 2.45) is 0 Å². The summed E-state index contributed by atoms with van der Waals surface area (Å²) in [5.41, 5.74) is 12.9. The second-order valence-electron chi connectivity index (χ2n) is 11.7. The molecule has 0 saturated carbocycles. The van der Waals surface area contributed by atoms with Gasteiger partial charge in [0.1, 0.15) is 8.07 Å². The summed E-state index contributed by atoms with van der Waals surface area (Å²) in [5, 5.41) is 10.8. The van der Waals surface area contributed by atoms with Crippen molar-refractivity contribution in [2.45, 2.75) is 79.3 Å². The molecule has 0 amide bonds. The van der Waals surface area contributed by atoms with Gasteiger partial charge in [0.25, 0.3) is 0 Å². The molecule has 2 N–H and O–H groups in total.